The monoisotopic (exact) mass is 209 g/mol. The van der Waals surface area contributed by atoms with Crippen LogP contribution < -0.4 is 5.32 Å². The van der Waals surface area contributed by atoms with Gasteiger partial charge in [0, 0.05) is 5.92 Å². The van der Waals surface area contributed by atoms with Crippen LogP contribution in [0.25, 0.3) is 0 Å². The van der Waals surface area contributed by atoms with Gasteiger partial charge in [-0.2, -0.15) is 0 Å². The molecule has 2 atom stereocenters. The highest BCUT2D eigenvalue weighted by Gasteiger charge is 2.33. The molecule has 1 saturated heterocycles. The fraction of sp³-hybridized carbons (Fsp3) is 0.364. The first kappa shape index (κ1) is 10.1. The third-order valence-corrected chi connectivity index (χ3v) is 2.79. The lowest BCUT2D eigenvalue weighted by Crippen LogP contribution is -2.34. The first-order valence-electron chi connectivity index (χ1n) is 4.90. The van der Waals surface area contributed by atoms with Gasteiger partial charge in [-0.25, -0.2) is 4.39 Å². The third-order valence-electron chi connectivity index (χ3n) is 2.79. The minimum Gasteiger partial charge on any atom is -0.480 e. The van der Waals surface area contributed by atoms with Gasteiger partial charge in [0.2, 0.25) is 0 Å². The second-order valence-electron chi connectivity index (χ2n) is 3.72. The molecular weight excluding hydrogens is 197 g/mol. The van der Waals surface area contributed by atoms with Crippen LogP contribution in [0, 0.1) is 5.82 Å². The predicted octanol–water partition coefficient (Wildman–Crippen LogP) is 1.36. The van der Waals surface area contributed by atoms with E-state index in [4.69, 9.17) is 5.11 Å². The molecule has 15 heavy (non-hydrogen) atoms. The zero-order valence-electron chi connectivity index (χ0n) is 8.11. The van der Waals surface area contributed by atoms with Crippen molar-refractivity contribution in [1.29, 1.82) is 0 Å². The van der Waals surface area contributed by atoms with Gasteiger partial charge in [0.15, 0.2) is 0 Å². The number of hydrogen-bond donors (Lipinski definition) is 2. The zero-order chi connectivity index (χ0) is 10.8. The molecule has 0 aliphatic carbocycles. The highest BCUT2D eigenvalue weighted by Crippen LogP contribution is 2.27. The van der Waals surface area contributed by atoms with E-state index in [2.05, 4.69) is 5.32 Å². The van der Waals surface area contributed by atoms with E-state index in [1.807, 2.05) is 0 Å². The molecule has 0 saturated carbocycles. The molecule has 1 aliphatic rings. The Morgan fingerprint density at radius 2 is 2.07 bits per heavy atom. The Morgan fingerprint density at radius 1 is 1.40 bits per heavy atom. The maximum absolute atomic E-state index is 12.7. The van der Waals surface area contributed by atoms with Crippen LogP contribution in [0.3, 0.4) is 0 Å². The van der Waals surface area contributed by atoms with Crippen molar-refractivity contribution in [3.63, 3.8) is 0 Å². The number of carboxylic acids is 1. The minimum atomic E-state index is -0.846. The number of carbonyl (C=O) groups is 1. The van der Waals surface area contributed by atoms with Crippen LogP contribution in [0.15, 0.2) is 24.3 Å². The molecule has 1 heterocycles. The van der Waals surface area contributed by atoms with Gasteiger partial charge in [0.05, 0.1) is 0 Å². The van der Waals surface area contributed by atoms with Crippen LogP contribution in [0.5, 0.6) is 0 Å². The van der Waals surface area contributed by atoms with E-state index in [0.29, 0.717) is 6.54 Å². The summed E-state index contributed by atoms with van der Waals surface area (Å²) in [4.78, 5) is 10.9. The Morgan fingerprint density at radius 3 is 2.67 bits per heavy atom. The van der Waals surface area contributed by atoms with Gasteiger partial charge in [-0.05, 0) is 30.7 Å². The smallest absolute Gasteiger partial charge is 0.321 e. The van der Waals surface area contributed by atoms with Gasteiger partial charge in [-0.15, -0.1) is 0 Å². The van der Waals surface area contributed by atoms with Crippen molar-refractivity contribution in [3.05, 3.63) is 35.6 Å². The van der Waals surface area contributed by atoms with Gasteiger partial charge >= 0.3 is 5.97 Å². The summed E-state index contributed by atoms with van der Waals surface area (Å²) >= 11 is 0. The molecule has 0 aromatic heterocycles. The average molecular weight is 209 g/mol. The molecule has 1 aromatic carbocycles. The maximum atomic E-state index is 12.7. The van der Waals surface area contributed by atoms with Crippen LogP contribution in [0.4, 0.5) is 4.39 Å². The number of nitrogens with one attached hydrogen (secondary N) is 1. The third kappa shape index (κ3) is 1.99. The first-order valence-corrected chi connectivity index (χ1v) is 4.90. The van der Waals surface area contributed by atoms with E-state index >= 15 is 0 Å². The number of carboxylic acid groups (broad SMARTS) is 1. The normalized spacial score (nSPS) is 25.4. The molecule has 2 N–H and O–H groups in total. The van der Waals surface area contributed by atoms with Gasteiger partial charge in [-0.1, -0.05) is 12.1 Å². The molecule has 1 aliphatic heterocycles. The fourth-order valence-corrected chi connectivity index (χ4v) is 2.03. The molecule has 2 rings (SSSR count). The van der Waals surface area contributed by atoms with Crippen molar-refractivity contribution in [2.24, 2.45) is 0 Å². The molecule has 0 amide bonds. The quantitative estimate of drug-likeness (QED) is 0.773. The van der Waals surface area contributed by atoms with Crippen molar-refractivity contribution in [2.45, 2.75) is 18.4 Å². The summed E-state index contributed by atoms with van der Waals surface area (Å²) in [5.74, 6) is -1.19. The SMILES string of the molecule is O=C(O)[C@@H]1NCC[C@@H]1c1ccc(F)cc1. The van der Waals surface area contributed by atoms with Crippen molar-refractivity contribution < 1.29 is 14.3 Å². The Labute approximate surface area is 86.9 Å². The first-order chi connectivity index (χ1) is 7.18. The number of hydrogen-bond acceptors (Lipinski definition) is 2. The van der Waals surface area contributed by atoms with Crippen molar-refractivity contribution in [3.8, 4) is 0 Å². The lowest BCUT2D eigenvalue weighted by Gasteiger charge is -2.15. The van der Waals surface area contributed by atoms with E-state index < -0.39 is 12.0 Å². The molecule has 4 heteroatoms. The molecule has 0 radical (unpaired) electrons. The van der Waals surface area contributed by atoms with Crippen LogP contribution in [0.1, 0.15) is 17.9 Å². The van der Waals surface area contributed by atoms with E-state index in [-0.39, 0.29) is 11.7 Å². The second-order valence-corrected chi connectivity index (χ2v) is 3.72. The molecule has 0 bridgehead atoms. The van der Waals surface area contributed by atoms with Crippen LogP contribution in [-0.4, -0.2) is 23.7 Å². The lowest BCUT2D eigenvalue weighted by atomic mass is 9.92. The van der Waals surface area contributed by atoms with Crippen molar-refractivity contribution >= 4 is 5.97 Å². The summed E-state index contributed by atoms with van der Waals surface area (Å²) in [6, 6.07) is 5.50. The van der Waals surface area contributed by atoms with Gasteiger partial charge in [0.1, 0.15) is 11.9 Å². The number of aliphatic carboxylic acids is 1. The second kappa shape index (κ2) is 3.98. The molecule has 1 aromatic rings. The fourth-order valence-electron chi connectivity index (χ4n) is 2.03. The summed E-state index contributed by atoms with van der Waals surface area (Å²) < 4.78 is 12.7. The standard InChI is InChI=1S/C11H12FNO2/c12-8-3-1-7(2-4-8)9-5-6-13-10(9)11(14)15/h1-4,9-10,13H,5-6H2,(H,14,15)/t9-,10-/m1/s1. The van der Waals surface area contributed by atoms with Crippen molar-refractivity contribution in [1.82, 2.24) is 5.32 Å². The van der Waals surface area contributed by atoms with Gasteiger partial charge in [0.25, 0.3) is 0 Å². The topological polar surface area (TPSA) is 49.3 Å². The Kier molecular flexibility index (Phi) is 2.68. The highest BCUT2D eigenvalue weighted by atomic mass is 19.1. The van der Waals surface area contributed by atoms with Crippen LogP contribution in [-0.2, 0) is 4.79 Å². The number of rotatable bonds is 2. The molecule has 1 fully saturated rings. The summed E-state index contributed by atoms with van der Waals surface area (Å²) in [5, 5.41) is 11.9. The zero-order valence-corrected chi connectivity index (χ0v) is 8.11. The number of benzene rings is 1. The minimum absolute atomic E-state index is 0.0527. The van der Waals surface area contributed by atoms with Crippen LogP contribution in [0.2, 0.25) is 0 Å². The molecule has 0 spiro atoms. The van der Waals surface area contributed by atoms with Crippen LogP contribution >= 0.6 is 0 Å². The lowest BCUT2D eigenvalue weighted by molar-refractivity contribution is -0.139. The maximum Gasteiger partial charge on any atom is 0.321 e. The Balaban J connectivity index is 2.22. The van der Waals surface area contributed by atoms with E-state index in [1.165, 1.54) is 12.1 Å². The Bertz CT molecular complexity index is 363. The van der Waals surface area contributed by atoms with Gasteiger partial charge < -0.3 is 10.4 Å². The van der Waals surface area contributed by atoms with E-state index in [0.717, 1.165) is 12.0 Å². The molecular formula is C11H12FNO2. The summed E-state index contributed by atoms with van der Waals surface area (Å²) in [7, 11) is 0. The molecule has 80 valence electrons. The summed E-state index contributed by atoms with van der Waals surface area (Å²) in [6.45, 7) is 0.693. The van der Waals surface area contributed by atoms with Gasteiger partial charge in [-0.3, -0.25) is 4.79 Å². The summed E-state index contributed by atoms with van der Waals surface area (Å²) in [5.41, 5.74) is 0.883. The van der Waals surface area contributed by atoms with E-state index in [9.17, 15) is 9.18 Å². The molecule has 3 nitrogen and oxygen atoms in total. The highest BCUT2D eigenvalue weighted by molar-refractivity contribution is 5.75. The summed E-state index contributed by atoms with van der Waals surface area (Å²) in [6.07, 6.45) is 0.780. The Hall–Kier alpha value is -1.42. The largest absolute Gasteiger partial charge is 0.480 e. The average Bonchev–Trinajstić information content (AvgIpc) is 2.67. The molecule has 0 unspecified atom stereocenters. The number of halogens is 1. The van der Waals surface area contributed by atoms with E-state index in [1.54, 1.807) is 12.1 Å². The van der Waals surface area contributed by atoms with Crippen molar-refractivity contribution in [2.75, 3.05) is 6.54 Å². The predicted molar refractivity (Wildman–Crippen MR) is 53.2 cm³/mol.